The van der Waals surface area contributed by atoms with Gasteiger partial charge in [0, 0.05) is 42.7 Å². The second-order valence-corrected chi connectivity index (χ2v) is 8.97. The lowest BCUT2D eigenvalue weighted by Crippen LogP contribution is -2.36. The number of imide groups is 1. The van der Waals surface area contributed by atoms with Crippen LogP contribution in [0.1, 0.15) is 38.5 Å². The van der Waals surface area contributed by atoms with E-state index in [1.165, 1.54) is 0 Å². The molecule has 2 fully saturated rings. The Balaban J connectivity index is 1.12. The first-order valence-corrected chi connectivity index (χ1v) is 11.8. The van der Waals surface area contributed by atoms with Crippen molar-refractivity contribution in [3.63, 3.8) is 0 Å². The Morgan fingerprint density at radius 3 is 2.62 bits per heavy atom. The molecule has 11 nitrogen and oxygen atoms in total. The fraction of sp³-hybridized carbons (Fsp3) is 0.650. The van der Waals surface area contributed by atoms with Gasteiger partial charge < -0.3 is 25.5 Å². The largest absolute Gasteiger partial charge is 0.381 e. The summed E-state index contributed by atoms with van der Waals surface area (Å²) in [5.41, 5.74) is 0. The topological polar surface area (TPSA) is 143 Å². The fourth-order valence-electron chi connectivity index (χ4n) is 3.65. The monoisotopic (exact) mass is 468 g/mol. The van der Waals surface area contributed by atoms with Crippen LogP contribution in [0, 0.1) is 0 Å². The summed E-state index contributed by atoms with van der Waals surface area (Å²) in [5.74, 6) is -1.18. The molecular weight excluding hydrogens is 440 g/mol. The lowest BCUT2D eigenvalue weighted by Gasteiger charge is -2.16. The van der Waals surface area contributed by atoms with Gasteiger partial charge in [-0.15, -0.1) is 0 Å². The van der Waals surface area contributed by atoms with E-state index < -0.39 is 17.8 Å². The molecule has 0 saturated carbocycles. The molecule has 3 atom stereocenters. The maximum Gasteiger partial charge on any atom is 0.335 e. The van der Waals surface area contributed by atoms with Crippen LogP contribution in [0.2, 0.25) is 0 Å². The predicted octanol–water partition coefficient (Wildman–Crippen LogP) is 0.00840. The summed E-state index contributed by atoms with van der Waals surface area (Å²) in [6.45, 7) is 0.928. The zero-order valence-electron chi connectivity index (χ0n) is 17.7. The van der Waals surface area contributed by atoms with E-state index in [0.29, 0.717) is 36.3 Å². The first-order valence-electron chi connectivity index (χ1n) is 10.7. The van der Waals surface area contributed by atoms with Gasteiger partial charge in [0.1, 0.15) is 0 Å². The number of hydrogen-bond donors (Lipinski definition) is 3. The van der Waals surface area contributed by atoms with Gasteiger partial charge in [-0.05, 0) is 19.3 Å². The maximum atomic E-state index is 11.9. The van der Waals surface area contributed by atoms with Gasteiger partial charge in [0.2, 0.25) is 5.91 Å². The number of carbonyl (C=O) groups is 5. The minimum atomic E-state index is -0.734. The van der Waals surface area contributed by atoms with Crippen molar-refractivity contribution in [3.05, 3.63) is 12.2 Å². The number of fused-ring (bicyclic) bond motifs is 1. The summed E-state index contributed by atoms with van der Waals surface area (Å²) in [5, 5.41) is 9.55. The summed E-state index contributed by atoms with van der Waals surface area (Å²) in [4.78, 5) is 62.1. The molecule has 3 aliphatic heterocycles. The van der Waals surface area contributed by atoms with Gasteiger partial charge in [0.25, 0.3) is 11.8 Å². The number of hydroxylamine groups is 2. The van der Waals surface area contributed by atoms with Gasteiger partial charge in [-0.1, -0.05) is 11.5 Å². The Bertz CT molecular complexity index is 757. The predicted molar refractivity (Wildman–Crippen MR) is 114 cm³/mol. The van der Waals surface area contributed by atoms with Crippen LogP contribution in [0.3, 0.4) is 0 Å². The number of rotatable bonds is 13. The van der Waals surface area contributed by atoms with Crippen molar-refractivity contribution in [2.45, 2.75) is 55.9 Å². The highest BCUT2D eigenvalue weighted by Gasteiger charge is 2.42. The fourth-order valence-corrected chi connectivity index (χ4v) is 5.19. The standard InChI is InChI=1S/C20H28N4O7S/c25-15(5-2-1-4-14-19-13(12-32-14)22-20(29)23-19)21-9-3-10-30-11-8-18(28)31-24-16(26)6-7-17(24)27/h6-7,13-14,19H,1-5,8-12H2,(H,21,25)(H2,22,23,29). The zero-order chi connectivity index (χ0) is 22.9. The molecule has 32 heavy (non-hydrogen) atoms. The molecule has 3 rings (SSSR count). The molecule has 0 aromatic heterocycles. The molecule has 0 bridgehead atoms. The van der Waals surface area contributed by atoms with Gasteiger partial charge in [-0.2, -0.15) is 11.8 Å². The van der Waals surface area contributed by atoms with Crippen molar-refractivity contribution < 1.29 is 33.5 Å². The van der Waals surface area contributed by atoms with Crippen LogP contribution < -0.4 is 16.0 Å². The third kappa shape index (κ3) is 6.95. The number of amides is 5. The van der Waals surface area contributed by atoms with E-state index in [1.54, 1.807) is 0 Å². The number of hydrogen-bond acceptors (Lipinski definition) is 8. The third-order valence-electron chi connectivity index (χ3n) is 5.28. The quantitative estimate of drug-likeness (QED) is 0.195. The number of nitrogens with zero attached hydrogens (tertiary/aromatic N) is 1. The normalized spacial score (nSPS) is 23.8. The molecule has 0 spiro atoms. The zero-order valence-corrected chi connectivity index (χ0v) is 18.5. The van der Waals surface area contributed by atoms with Crippen LogP contribution in [0.4, 0.5) is 4.79 Å². The Morgan fingerprint density at radius 1 is 1.06 bits per heavy atom. The van der Waals surface area contributed by atoms with E-state index in [0.717, 1.165) is 37.2 Å². The Morgan fingerprint density at radius 2 is 1.84 bits per heavy atom. The minimum Gasteiger partial charge on any atom is -0.381 e. The molecule has 176 valence electrons. The molecule has 0 radical (unpaired) electrons. The second kappa shape index (κ2) is 11.9. The molecule has 12 heteroatoms. The third-order valence-corrected chi connectivity index (χ3v) is 6.79. The maximum absolute atomic E-state index is 11.9. The highest BCUT2D eigenvalue weighted by Crippen LogP contribution is 2.33. The van der Waals surface area contributed by atoms with Crippen molar-refractivity contribution >= 4 is 41.5 Å². The van der Waals surface area contributed by atoms with E-state index in [1.807, 2.05) is 11.8 Å². The van der Waals surface area contributed by atoms with E-state index >= 15 is 0 Å². The van der Waals surface area contributed by atoms with Crippen molar-refractivity contribution in [1.82, 2.24) is 21.0 Å². The van der Waals surface area contributed by atoms with Gasteiger partial charge in [0.05, 0.1) is 25.1 Å². The van der Waals surface area contributed by atoms with Crippen LogP contribution in [0.15, 0.2) is 12.2 Å². The Hall–Kier alpha value is -2.60. The average molecular weight is 469 g/mol. The SMILES string of the molecule is O=C(CCCCC1SCC2NC(=O)NC21)NCCCOCCC(=O)ON1C(=O)C=CC1=O. The summed E-state index contributed by atoms with van der Waals surface area (Å²) >= 11 is 1.87. The molecule has 0 aromatic carbocycles. The number of urea groups is 1. The Labute approximate surface area is 189 Å². The minimum absolute atomic E-state index is 0.00470. The van der Waals surface area contributed by atoms with Crippen molar-refractivity contribution in [3.8, 4) is 0 Å². The van der Waals surface area contributed by atoms with Crippen LogP contribution in [-0.2, 0) is 28.8 Å². The molecule has 0 aliphatic carbocycles. The van der Waals surface area contributed by atoms with E-state index in [9.17, 15) is 24.0 Å². The smallest absolute Gasteiger partial charge is 0.335 e. The van der Waals surface area contributed by atoms with E-state index in [-0.39, 0.29) is 37.0 Å². The number of thioether (sulfide) groups is 1. The van der Waals surface area contributed by atoms with Crippen LogP contribution in [-0.4, -0.2) is 77.6 Å². The highest BCUT2D eigenvalue weighted by molar-refractivity contribution is 8.00. The molecule has 3 N–H and O–H groups in total. The lowest BCUT2D eigenvalue weighted by atomic mass is 10.0. The molecule has 3 unspecified atom stereocenters. The van der Waals surface area contributed by atoms with E-state index in [4.69, 9.17) is 4.74 Å². The van der Waals surface area contributed by atoms with Crippen molar-refractivity contribution in [2.24, 2.45) is 0 Å². The Kier molecular flexibility index (Phi) is 8.91. The summed E-state index contributed by atoms with van der Waals surface area (Å²) in [6.07, 6.45) is 5.74. The molecule has 2 saturated heterocycles. The lowest BCUT2D eigenvalue weighted by molar-refractivity contribution is -0.196. The number of nitrogens with one attached hydrogen (secondary N) is 3. The molecule has 0 aromatic rings. The van der Waals surface area contributed by atoms with E-state index in [2.05, 4.69) is 20.8 Å². The van der Waals surface area contributed by atoms with Crippen molar-refractivity contribution in [1.29, 1.82) is 0 Å². The van der Waals surface area contributed by atoms with Gasteiger partial charge in [0.15, 0.2) is 0 Å². The number of carbonyl (C=O) groups excluding carboxylic acids is 5. The summed E-state index contributed by atoms with van der Waals surface area (Å²) in [7, 11) is 0. The molecular formula is C20H28N4O7S. The number of unbranched alkanes of at least 4 members (excludes halogenated alkanes) is 1. The van der Waals surface area contributed by atoms with Gasteiger partial charge in [-0.3, -0.25) is 14.4 Å². The average Bonchev–Trinajstić information content (AvgIpc) is 3.40. The first-order chi connectivity index (χ1) is 15.4. The second-order valence-electron chi connectivity index (χ2n) is 7.70. The molecule has 3 aliphatic rings. The summed E-state index contributed by atoms with van der Waals surface area (Å²) in [6, 6.07) is 0.344. The van der Waals surface area contributed by atoms with Gasteiger partial charge in [-0.25, -0.2) is 9.59 Å². The number of ether oxygens (including phenoxy) is 1. The highest BCUT2D eigenvalue weighted by atomic mass is 32.2. The molecule has 3 heterocycles. The van der Waals surface area contributed by atoms with Gasteiger partial charge >= 0.3 is 12.0 Å². The summed E-state index contributed by atoms with van der Waals surface area (Å²) < 4.78 is 5.31. The van der Waals surface area contributed by atoms with Crippen LogP contribution >= 0.6 is 11.8 Å². The first kappa shape index (κ1) is 24.1. The van der Waals surface area contributed by atoms with Crippen molar-refractivity contribution in [2.75, 3.05) is 25.5 Å². The molecule has 5 amide bonds. The van der Waals surface area contributed by atoms with Crippen LogP contribution in [0.25, 0.3) is 0 Å². The van der Waals surface area contributed by atoms with Crippen LogP contribution in [0.5, 0.6) is 0 Å².